The Hall–Kier alpha value is -1.16. The lowest BCUT2D eigenvalue weighted by atomic mass is 10.5. The number of anilines is 1. The molecule has 0 aromatic carbocycles. The van der Waals surface area contributed by atoms with Gasteiger partial charge in [-0.2, -0.15) is 0 Å². The first-order valence-corrected chi connectivity index (χ1v) is 4.94. The van der Waals surface area contributed by atoms with Gasteiger partial charge in [0.1, 0.15) is 11.6 Å². The molecule has 0 aliphatic carbocycles. The summed E-state index contributed by atoms with van der Waals surface area (Å²) in [5, 5.41) is 3.26. The summed E-state index contributed by atoms with van der Waals surface area (Å²) >= 11 is 0. The van der Waals surface area contributed by atoms with Crippen LogP contribution in [0.3, 0.4) is 0 Å². The first-order valence-electron chi connectivity index (χ1n) is 4.94. The van der Waals surface area contributed by atoms with Crippen molar-refractivity contribution in [2.75, 3.05) is 32.0 Å². The van der Waals surface area contributed by atoms with Crippen molar-refractivity contribution in [2.24, 2.45) is 0 Å². The zero-order valence-corrected chi connectivity index (χ0v) is 9.12. The lowest BCUT2D eigenvalue weighted by Crippen LogP contribution is -2.24. The summed E-state index contributed by atoms with van der Waals surface area (Å²) in [7, 11) is 2.10. The van der Waals surface area contributed by atoms with Gasteiger partial charge in [-0.05, 0) is 26.6 Å². The van der Waals surface area contributed by atoms with Crippen molar-refractivity contribution in [3.8, 4) is 0 Å². The Morgan fingerprint density at radius 2 is 2.29 bits per heavy atom. The van der Waals surface area contributed by atoms with Crippen LogP contribution in [0.1, 0.15) is 12.7 Å². The third-order valence-electron chi connectivity index (χ3n) is 2.12. The number of aromatic nitrogens is 2. The molecule has 0 atom stereocenters. The molecule has 0 saturated carbocycles. The summed E-state index contributed by atoms with van der Waals surface area (Å²) in [5.41, 5.74) is 0. The molecular formula is C10H18N4. The zero-order valence-electron chi connectivity index (χ0n) is 9.12. The van der Waals surface area contributed by atoms with E-state index in [-0.39, 0.29) is 0 Å². The minimum absolute atomic E-state index is 0.804. The Morgan fingerprint density at radius 1 is 1.50 bits per heavy atom. The van der Waals surface area contributed by atoms with Crippen molar-refractivity contribution in [3.05, 3.63) is 18.1 Å². The fraction of sp³-hybridized carbons (Fsp3) is 0.600. The van der Waals surface area contributed by atoms with E-state index in [2.05, 4.69) is 34.2 Å². The molecule has 0 aliphatic heterocycles. The SMILES string of the molecule is CCN(C)CCNc1ccnc(C)n1. The molecule has 0 fully saturated rings. The van der Waals surface area contributed by atoms with Crippen LogP contribution in [0.25, 0.3) is 0 Å². The second kappa shape index (κ2) is 5.54. The molecule has 0 spiro atoms. The second-order valence-corrected chi connectivity index (χ2v) is 3.31. The van der Waals surface area contributed by atoms with Crippen molar-refractivity contribution in [3.63, 3.8) is 0 Å². The quantitative estimate of drug-likeness (QED) is 0.763. The Morgan fingerprint density at radius 3 is 2.93 bits per heavy atom. The summed E-state index contributed by atoms with van der Waals surface area (Å²) in [6.07, 6.45) is 1.77. The Balaban J connectivity index is 2.31. The average Bonchev–Trinajstić information content (AvgIpc) is 2.17. The summed E-state index contributed by atoms with van der Waals surface area (Å²) < 4.78 is 0. The minimum Gasteiger partial charge on any atom is -0.369 e. The van der Waals surface area contributed by atoms with Gasteiger partial charge >= 0.3 is 0 Å². The third-order valence-corrected chi connectivity index (χ3v) is 2.12. The molecule has 78 valence electrons. The summed E-state index contributed by atoms with van der Waals surface area (Å²) in [6.45, 7) is 7.06. The molecule has 0 unspecified atom stereocenters. The topological polar surface area (TPSA) is 41.0 Å². The smallest absolute Gasteiger partial charge is 0.129 e. The Bertz CT molecular complexity index is 275. The van der Waals surface area contributed by atoms with Crippen LogP contribution >= 0.6 is 0 Å². The molecule has 0 aliphatic rings. The van der Waals surface area contributed by atoms with Gasteiger partial charge in [-0.25, -0.2) is 9.97 Å². The zero-order chi connectivity index (χ0) is 10.4. The van der Waals surface area contributed by atoms with E-state index in [4.69, 9.17) is 0 Å². The van der Waals surface area contributed by atoms with E-state index in [1.54, 1.807) is 6.20 Å². The highest BCUT2D eigenvalue weighted by atomic mass is 15.1. The lowest BCUT2D eigenvalue weighted by Gasteiger charge is -2.14. The van der Waals surface area contributed by atoms with Gasteiger partial charge in [0.25, 0.3) is 0 Å². The number of hydrogen-bond acceptors (Lipinski definition) is 4. The molecule has 1 rings (SSSR count). The van der Waals surface area contributed by atoms with E-state index in [1.807, 2.05) is 13.0 Å². The van der Waals surface area contributed by atoms with Gasteiger partial charge in [0.15, 0.2) is 0 Å². The fourth-order valence-electron chi connectivity index (χ4n) is 1.09. The largest absolute Gasteiger partial charge is 0.369 e. The van der Waals surface area contributed by atoms with Crippen LogP contribution in [0.4, 0.5) is 5.82 Å². The molecular weight excluding hydrogens is 176 g/mol. The predicted octanol–water partition coefficient (Wildman–Crippen LogP) is 1.15. The molecule has 1 aromatic heterocycles. The Kier molecular flexibility index (Phi) is 4.32. The summed E-state index contributed by atoms with van der Waals surface area (Å²) in [5.74, 6) is 1.71. The van der Waals surface area contributed by atoms with Crippen molar-refractivity contribution in [1.29, 1.82) is 0 Å². The van der Waals surface area contributed by atoms with Gasteiger partial charge in [-0.3, -0.25) is 0 Å². The van der Waals surface area contributed by atoms with E-state index in [0.29, 0.717) is 0 Å². The van der Waals surface area contributed by atoms with Crippen LogP contribution in [0.2, 0.25) is 0 Å². The number of likely N-dealkylation sites (N-methyl/N-ethyl adjacent to an activating group) is 1. The molecule has 14 heavy (non-hydrogen) atoms. The average molecular weight is 194 g/mol. The van der Waals surface area contributed by atoms with Gasteiger partial charge in [0, 0.05) is 19.3 Å². The maximum Gasteiger partial charge on any atom is 0.129 e. The standard InChI is InChI=1S/C10H18N4/c1-4-14(3)8-7-12-10-5-6-11-9(2)13-10/h5-6H,4,7-8H2,1-3H3,(H,11,12,13). The molecule has 0 radical (unpaired) electrons. The van der Waals surface area contributed by atoms with E-state index in [1.165, 1.54) is 0 Å². The molecule has 0 bridgehead atoms. The molecule has 4 nitrogen and oxygen atoms in total. The van der Waals surface area contributed by atoms with Crippen molar-refractivity contribution in [2.45, 2.75) is 13.8 Å². The van der Waals surface area contributed by atoms with Gasteiger partial charge in [0.2, 0.25) is 0 Å². The van der Waals surface area contributed by atoms with Crippen LogP contribution in [0.15, 0.2) is 12.3 Å². The monoisotopic (exact) mass is 194 g/mol. The normalized spacial score (nSPS) is 10.6. The highest BCUT2D eigenvalue weighted by molar-refractivity contribution is 5.32. The van der Waals surface area contributed by atoms with E-state index >= 15 is 0 Å². The number of nitrogens with zero attached hydrogens (tertiary/aromatic N) is 3. The van der Waals surface area contributed by atoms with Crippen LogP contribution < -0.4 is 5.32 Å². The van der Waals surface area contributed by atoms with Crippen LogP contribution in [0, 0.1) is 6.92 Å². The number of rotatable bonds is 5. The summed E-state index contributed by atoms with van der Waals surface area (Å²) in [4.78, 5) is 10.5. The molecule has 4 heteroatoms. The van der Waals surface area contributed by atoms with Gasteiger partial charge in [0.05, 0.1) is 0 Å². The molecule has 0 amide bonds. The number of hydrogen-bond donors (Lipinski definition) is 1. The van der Waals surface area contributed by atoms with Gasteiger partial charge < -0.3 is 10.2 Å². The van der Waals surface area contributed by atoms with Crippen LogP contribution in [-0.4, -0.2) is 41.5 Å². The second-order valence-electron chi connectivity index (χ2n) is 3.31. The van der Waals surface area contributed by atoms with Gasteiger partial charge in [-0.15, -0.1) is 0 Å². The first-order chi connectivity index (χ1) is 6.72. The number of aryl methyl sites for hydroxylation is 1. The third kappa shape index (κ3) is 3.70. The van der Waals surface area contributed by atoms with E-state index in [0.717, 1.165) is 31.3 Å². The van der Waals surface area contributed by atoms with Crippen molar-refractivity contribution in [1.82, 2.24) is 14.9 Å². The molecule has 1 aromatic rings. The van der Waals surface area contributed by atoms with E-state index < -0.39 is 0 Å². The maximum absolute atomic E-state index is 4.26. The minimum atomic E-state index is 0.804. The highest BCUT2D eigenvalue weighted by Gasteiger charge is 1.96. The maximum atomic E-state index is 4.26. The van der Waals surface area contributed by atoms with Crippen LogP contribution in [0.5, 0.6) is 0 Å². The highest BCUT2D eigenvalue weighted by Crippen LogP contribution is 1.99. The van der Waals surface area contributed by atoms with Gasteiger partial charge in [-0.1, -0.05) is 6.92 Å². The van der Waals surface area contributed by atoms with E-state index in [9.17, 15) is 0 Å². The molecule has 0 saturated heterocycles. The predicted molar refractivity (Wildman–Crippen MR) is 58.4 cm³/mol. The Labute approximate surface area is 85.4 Å². The molecule has 1 heterocycles. The number of nitrogens with one attached hydrogen (secondary N) is 1. The fourth-order valence-corrected chi connectivity index (χ4v) is 1.09. The van der Waals surface area contributed by atoms with Crippen LogP contribution in [-0.2, 0) is 0 Å². The summed E-state index contributed by atoms with van der Waals surface area (Å²) in [6, 6.07) is 1.89. The molecule has 1 N–H and O–H groups in total. The van der Waals surface area contributed by atoms with Crippen molar-refractivity contribution < 1.29 is 0 Å². The van der Waals surface area contributed by atoms with Crippen molar-refractivity contribution >= 4 is 5.82 Å². The first kappa shape index (κ1) is 10.9. The lowest BCUT2D eigenvalue weighted by molar-refractivity contribution is 0.367.